The Balaban J connectivity index is 1.53. The molecule has 18 heavy (non-hydrogen) atoms. The maximum absolute atomic E-state index is 5.33. The minimum atomic E-state index is 0.798. The number of nitrogens with one attached hydrogen (secondary N) is 1. The molecule has 1 aliphatic heterocycles. The number of rotatable bonds is 4. The first-order chi connectivity index (χ1) is 8.92. The highest BCUT2D eigenvalue weighted by Crippen LogP contribution is 2.17. The van der Waals surface area contributed by atoms with Gasteiger partial charge < -0.3 is 9.72 Å². The fourth-order valence-electron chi connectivity index (χ4n) is 1.99. The van der Waals surface area contributed by atoms with Crippen molar-refractivity contribution in [1.82, 2.24) is 19.9 Å². The third-order valence-corrected chi connectivity index (χ3v) is 3.84. The fourth-order valence-corrected chi connectivity index (χ4v) is 2.86. The molecular weight excluding hydrogens is 248 g/mol. The van der Waals surface area contributed by atoms with Crippen LogP contribution < -0.4 is 0 Å². The third kappa shape index (κ3) is 2.82. The molecule has 1 N–H and O–H groups in total. The highest BCUT2D eigenvalue weighted by Gasteiger charge is 2.10. The second kappa shape index (κ2) is 5.69. The van der Waals surface area contributed by atoms with Crippen LogP contribution in [-0.2, 0) is 4.74 Å². The van der Waals surface area contributed by atoms with Gasteiger partial charge in [0.15, 0.2) is 10.8 Å². The van der Waals surface area contributed by atoms with E-state index in [9.17, 15) is 0 Å². The van der Waals surface area contributed by atoms with E-state index in [1.54, 1.807) is 18.0 Å². The normalized spacial score (nSPS) is 17.3. The van der Waals surface area contributed by atoms with Crippen LogP contribution in [0.3, 0.4) is 0 Å². The zero-order valence-electron chi connectivity index (χ0n) is 10.1. The van der Waals surface area contributed by atoms with E-state index < -0.39 is 0 Å². The molecular formula is C12H16N4OS. The second-order valence-corrected chi connectivity index (χ2v) is 5.30. The Hall–Kier alpha value is -1.11. The van der Waals surface area contributed by atoms with Crippen molar-refractivity contribution in [3.05, 3.63) is 18.3 Å². The second-order valence-electron chi connectivity index (χ2n) is 4.22. The molecule has 3 rings (SSSR count). The van der Waals surface area contributed by atoms with Gasteiger partial charge in [-0.25, -0.2) is 9.97 Å². The average molecular weight is 264 g/mol. The summed E-state index contributed by atoms with van der Waals surface area (Å²) in [7, 11) is 0. The lowest BCUT2D eigenvalue weighted by atomic mass is 10.4. The summed E-state index contributed by atoms with van der Waals surface area (Å²) in [6.07, 6.45) is 1.77. The summed E-state index contributed by atoms with van der Waals surface area (Å²) in [5.74, 6) is 1.04. The summed E-state index contributed by atoms with van der Waals surface area (Å²) < 4.78 is 5.33. The Morgan fingerprint density at radius 3 is 3.11 bits per heavy atom. The summed E-state index contributed by atoms with van der Waals surface area (Å²) in [4.78, 5) is 14.4. The summed E-state index contributed by atoms with van der Waals surface area (Å²) in [6.45, 7) is 4.89. The summed E-state index contributed by atoms with van der Waals surface area (Å²) in [6, 6.07) is 3.92. The van der Waals surface area contributed by atoms with Gasteiger partial charge in [-0.15, -0.1) is 0 Å². The number of morpholine rings is 1. The molecule has 0 aliphatic carbocycles. The predicted octanol–water partition coefficient (Wildman–Crippen LogP) is 1.38. The Kier molecular flexibility index (Phi) is 3.78. The van der Waals surface area contributed by atoms with E-state index in [1.807, 2.05) is 12.1 Å². The number of aromatic nitrogens is 3. The molecule has 0 aromatic carbocycles. The number of thioether (sulfide) groups is 1. The van der Waals surface area contributed by atoms with Crippen molar-refractivity contribution in [1.29, 1.82) is 0 Å². The van der Waals surface area contributed by atoms with Crippen molar-refractivity contribution in [3.8, 4) is 0 Å². The maximum Gasteiger partial charge on any atom is 0.178 e. The van der Waals surface area contributed by atoms with E-state index in [2.05, 4.69) is 19.9 Å². The van der Waals surface area contributed by atoms with E-state index in [-0.39, 0.29) is 0 Å². The van der Waals surface area contributed by atoms with Gasteiger partial charge in [0.2, 0.25) is 0 Å². The number of fused-ring (bicyclic) bond motifs is 1. The van der Waals surface area contributed by atoms with Crippen LogP contribution in [0.5, 0.6) is 0 Å². The molecule has 0 bridgehead atoms. The van der Waals surface area contributed by atoms with E-state index in [1.165, 1.54) is 0 Å². The fraction of sp³-hybridized carbons (Fsp3) is 0.500. The van der Waals surface area contributed by atoms with Crippen molar-refractivity contribution >= 4 is 22.9 Å². The van der Waals surface area contributed by atoms with Crippen LogP contribution in [0.15, 0.2) is 23.5 Å². The van der Waals surface area contributed by atoms with E-state index in [0.717, 1.165) is 54.9 Å². The Morgan fingerprint density at radius 1 is 1.39 bits per heavy atom. The quantitative estimate of drug-likeness (QED) is 0.846. The molecule has 0 amide bonds. The van der Waals surface area contributed by atoms with Crippen LogP contribution in [0.1, 0.15) is 0 Å². The van der Waals surface area contributed by atoms with Gasteiger partial charge in [0.1, 0.15) is 0 Å². The Morgan fingerprint density at radius 2 is 2.28 bits per heavy atom. The molecule has 1 saturated heterocycles. The maximum atomic E-state index is 5.33. The van der Waals surface area contributed by atoms with Crippen LogP contribution in [0, 0.1) is 0 Å². The number of ether oxygens (including phenoxy) is 1. The van der Waals surface area contributed by atoms with E-state index in [4.69, 9.17) is 4.74 Å². The number of aromatic amines is 1. The van der Waals surface area contributed by atoms with E-state index in [0.29, 0.717) is 0 Å². The van der Waals surface area contributed by atoms with Crippen LogP contribution in [0.25, 0.3) is 11.2 Å². The van der Waals surface area contributed by atoms with Gasteiger partial charge in [-0.05, 0) is 12.1 Å². The van der Waals surface area contributed by atoms with Crippen molar-refractivity contribution in [3.63, 3.8) is 0 Å². The predicted molar refractivity (Wildman–Crippen MR) is 71.9 cm³/mol. The minimum Gasteiger partial charge on any atom is -0.379 e. The van der Waals surface area contributed by atoms with Gasteiger partial charge in [-0.3, -0.25) is 4.90 Å². The number of hydrogen-bond acceptors (Lipinski definition) is 5. The molecule has 0 spiro atoms. The summed E-state index contributed by atoms with van der Waals surface area (Å²) in [5, 5.41) is 0.956. The topological polar surface area (TPSA) is 54.0 Å². The summed E-state index contributed by atoms with van der Waals surface area (Å²) in [5.41, 5.74) is 1.80. The smallest absolute Gasteiger partial charge is 0.178 e. The van der Waals surface area contributed by atoms with Crippen molar-refractivity contribution in [2.45, 2.75) is 5.16 Å². The van der Waals surface area contributed by atoms with Gasteiger partial charge in [-0.2, -0.15) is 0 Å². The Labute approximate surface area is 110 Å². The van der Waals surface area contributed by atoms with Crippen molar-refractivity contribution in [2.75, 3.05) is 38.6 Å². The van der Waals surface area contributed by atoms with E-state index >= 15 is 0 Å². The molecule has 1 fully saturated rings. The molecule has 2 aromatic rings. The average Bonchev–Trinajstić information content (AvgIpc) is 2.82. The molecule has 96 valence electrons. The zero-order valence-corrected chi connectivity index (χ0v) is 10.9. The number of hydrogen-bond donors (Lipinski definition) is 1. The van der Waals surface area contributed by atoms with Gasteiger partial charge >= 0.3 is 0 Å². The highest BCUT2D eigenvalue weighted by molar-refractivity contribution is 7.99. The number of nitrogens with zero attached hydrogens (tertiary/aromatic N) is 3. The first kappa shape index (κ1) is 12.0. The molecule has 3 heterocycles. The standard InChI is InChI=1S/C12H16N4OS/c1-2-10-11(13-3-1)15-12(14-10)18-9-6-16-4-7-17-8-5-16/h1-3H,4-9H2,(H,13,14,15). The Bertz CT molecular complexity index is 477. The zero-order chi connectivity index (χ0) is 12.2. The van der Waals surface area contributed by atoms with Crippen molar-refractivity contribution < 1.29 is 4.74 Å². The van der Waals surface area contributed by atoms with Gasteiger partial charge in [-0.1, -0.05) is 11.8 Å². The lowest BCUT2D eigenvalue weighted by molar-refractivity contribution is 0.0410. The monoisotopic (exact) mass is 264 g/mol. The first-order valence-electron chi connectivity index (χ1n) is 6.15. The lowest BCUT2D eigenvalue weighted by Crippen LogP contribution is -2.37. The molecule has 0 radical (unpaired) electrons. The largest absolute Gasteiger partial charge is 0.379 e. The number of H-pyrrole nitrogens is 1. The van der Waals surface area contributed by atoms with Crippen LogP contribution in [-0.4, -0.2) is 58.5 Å². The van der Waals surface area contributed by atoms with Gasteiger partial charge in [0, 0.05) is 31.6 Å². The van der Waals surface area contributed by atoms with Gasteiger partial charge in [0.05, 0.1) is 18.7 Å². The molecule has 5 nitrogen and oxygen atoms in total. The SMILES string of the molecule is c1cnc2nc(SCCN3CCOCC3)[nH]c2c1. The van der Waals surface area contributed by atoms with Crippen LogP contribution in [0.4, 0.5) is 0 Å². The molecule has 0 atom stereocenters. The molecule has 6 heteroatoms. The molecule has 1 aliphatic rings. The highest BCUT2D eigenvalue weighted by atomic mass is 32.2. The molecule has 0 saturated carbocycles. The lowest BCUT2D eigenvalue weighted by Gasteiger charge is -2.26. The molecule has 0 unspecified atom stereocenters. The first-order valence-corrected chi connectivity index (χ1v) is 7.14. The van der Waals surface area contributed by atoms with Gasteiger partial charge in [0.25, 0.3) is 0 Å². The summed E-state index contributed by atoms with van der Waals surface area (Å²) >= 11 is 1.75. The number of pyridine rings is 1. The van der Waals surface area contributed by atoms with Crippen molar-refractivity contribution in [2.24, 2.45) is 0 Å². The van der Waals surface area contributed by atoms with Crippen LogP contribution >= 0.6 is 11.8 Å². The van der Waals surface area contributed by atoms with Crippen LogP contribution in [0.2, 0.25) is 0 Å². The number of imidazole rings is 1. The molecule has 2 aromatic heterocycles. The minimum absolute atomic E-state index is 0.798. The third-order valence-electron chi connectivity index (χ3n) is 2.99.